The van der Waals surface area contributed by atoms with E-state index in [-0.39, 0.29) is 11.9 Å². The van der Waals surface area contributed by atoms with Crippen LogP contribution in [0.2, 0.25) is 0 Å². The largest absolute Gasteiger partial charge is 0.497 e. The van der Waals surface area contributed by atoms with Gasteiger partial charge in [0.15, 0.2) is 5.11 Å². The van der Waals surface area contributed by atoms with E-state index in [4.69, 9.17) is 17.0 Å². The molecule has 1 heterocycles. The number of thiocarbonyl (C=S) groups is 1. The summed E-state index contributed by atoms with van der Waals surface area (Å²) in [6.45, 7) is 7.24. The number of para-hydroxylation sites is 1. The second-order valence-electron chi connectivity index (χ2n) is 6.81. The molecule has 0 radical (unpaired) electrons. The molecule has 1 aliphatic rings. The third kappa shape index (κ3) is 4.12. The van der Waals surface area contributed by atoms with Crippen molar-refractivity contribution < 1.29 is 9.53 Å². The van der Waals surface area contributed by atoms with Gasteiger partial charge in [0.25, 0.3) is 5.91 Å². The fraction of sp³-hybridized carbons (Fsp3) is 0.304. The molecule has 0 unspecified atom stereocenters. The number of allylic oxidation sites excluding steroid dienone is 1. The number of methoxy groups -OCH3 is 1. The van der Waals surface area contributed by atoms with Crippen molar-refractivity contribution in [3.05, 3.63) is 71.4 Å². The summed E-state index contributed by atoms with van der Waals surface area (Å²) in [5, 5.41) is 3.96. The minimum absolute atomic E-state index is 0.0104. The number of rotatable bonds is 6. The Hall–Kier alpha value is -2.86. The number of carbonyl (C=O) groups is 1. The van der Waals surface area contributed by atoms with Gasteiger partial charge in [0, 0.05) is 24.5 Å². The summed E-state index contributed by atoms with van der Waals surface area (Å²) in [6.07, 6.45) is 0. The SMILES string of the molecule is CCN(CC)C(=O)C1=C(C)N(c2ccccc2)C(=S)N[C@@H]1c1cccc(OC)c1. The van der Waals surface area contributed by atoms with Crippen molar-refractivity contribution in [1.29, 1.82) is 0 Å². The van der Waals surface area contributed by atoms with Crippen LogP contribution >= 0.6 is 12.2 Å². The highest BCUT2D eigenvalue weighted by Crippen LogP contribution is 2.35. The third-order valence-corrected chi connectivity index (χ3v) is 5.51. The van der Waals surface area contributed by atoms with Crippen LogP contribution < -0.4 is 15.0 Å². The Kier molecular flexibility index (Phi) is 6.54. The molecule has 2 aromatic rings. The second-order valence-corrected chi connectivity index (χ2v) is 7.19. The Balaban J connectivity index is 2.16. The van der Waals surface area contributed by atoms with Gasteiger partial charge in [-0.1, -0.05) is 30.3 Å². The maximum atomic E-state index is 13.5. The van der Waals surface area contributed by atoms with Gasteiger partial charge >= 0.3 is 0 Å². The van der Waals surface area contributed by atoms with Crippen molar-refractivity contribution in [2.45, 2.75) is 26.8 Å². The molecule has 3 rings (SSSR count). The molecule has 1 atom stereocenters. The number of ether oxygens (including phenoxy) is 1. The van der Waals surface area contributed by atoms with Gasteiger partial charge in [-0.05, 0) is 62.8 Å². The first kappa shape index (κ1) is 20.9. The lowest BCUT2D eigenvalue weighted by molar-refractivity contribution is -0.127. The zero-order valence-electron chi connectivity index (χ0n) is 17.3. The lowest BCUT2D eigenvalue weighted by Crippen LogP contribution is -2.50. The molecule has 0 aromatic heterocycles. The van der Waals surface area contributed by atoms with Crippen molar-refractivity contribution in [3.8, 4) is 5.75 Å². The highest BCUT2D eigenvalue weighted by Gasteiger charge is 2.36. The lowest BCUT2D eigenvalue weighted by atomic mass is 9.93. The normalized spacial score (nSPS) is 16.5. The van der Waals surface area contributed by atoms with E-state index in [1.54, 1.807) is 7.11 Å². The first-order chi connectivity index (χ1) is 14.0. The van der Waals surface area contributed by atoms with Crippen LogP contribution in [0, 0.1) is 0 Å². The van der Waals surface area contributed by atoms with Gasteiger partial charge in [-0.2, -0.15) is 0 Å². The maximum absolute atomic E-state index is 13.5. The van der Waals surface area contributed by atoms with Crippen LogP contribution in [0.5, 0.6) is 5.75 Å². The number of nitrogens with one attached hydrogen (secondary N) is 1. The average molecular weight is 410 g/mol. The molecule has 0 bridgehead atoms. The molecule has 0 saturated carbocycles. The summed E-state index contributed by atoms with van der Waals surface area (Å²) in [7, 11) is 1.64. The Morgan fingerprint density at radius 2 is 1.83 bits per heavy atom. The molecule has 1 N–H and O–H groups in total. The summed E-state index contributed by atoms with van der Waals surface area (Å²) in [5.41, 5.74) is 3.40. The average Bonchev–Trinajstić information content (AvgIpc) is 2.75. The molecule has 29 heavy (non-hydrogen) atoms. The second kappa shape index (κ2) is 9.09. The van der Waals surface area contributed by atoms with Crippen LogP contribution in [-0.2, 0) is 4.79 Å². The van der Waals surface area contributed by atoms with Crippen molar-refractivity contribution in [1.82, 2.24) is 10.2 Å². The highest BCUT2D eigenvalue weighted by atomic mass is 32.1. The molecule has 0 saturated heterocycles. The fourth-order valence-corrected chi connectivity index (χ4v) is 4.02. The van der Waals surface area contributed by atoms with Gasteiger partial charge in [0.2, 0.25) is 0 Å². The molecular formula is C23H27N3O2S. The van der Waals surface area contributed by atoms with E-state index in [1.165, 1.54) is 0 Å². The molecule has 0 fully saturated rings. The van der Waals surface area contributed by atoms with E-state index >= 15 is 0 Å². The summed E-state index contributed by atoms with van der Waals surface area (Å²) in [5.74, 6) is 0.754. The van der Waals surface area contributed by atoms with E-state index in [0.717, 1.165) is 22.7 Å². The predicted octanol–water partition coefficient (Wildman–Crippen LogP) is 4.27. The monoisotopic (exact) mass is 409 g/mol. The van der Waals surface area contributed by atoms with Crippen LogP contribution in [0.1, 0.15) is 32.4 Å². The summed E-state index contributed by atoms with van der Waals surface area (Å²) < 4.78 is 5.39. The van der Waals surface area contributed by atoms with Crippen molar-refractivity contribution in [2.24, 2.45) is 0 Å². The van der Waals surface area contributed by atoms with Gasteiger partial charge in [-0.15, -0.1) is 0 Å². The van der Waals surface area contributed by atoms with Crippen LogP contribution in [0.25, 0.3) is 0 Å². The molecule has 5 nitrogen and oxygen atoms in total. The highest BCUT2D eigenvalue weighted by molar-refractivity contribution is 7.80. The minimum atomic E-state index is -0.342. The molecule has 0 spiro atoms. The van der Waals surface area contributed by atoms with Crippen molar-refractivity contribution in [2.75, 3.05) is 25.1 Å². The molecule has 1 amide bonds. The molecule has 6 heteroatoms. The third-order valence-electron chi connectivity index (χ3n) is 5.21. The molecular weight excluding hydrogens is 382 g/mol. The van der Waals surface area contributed by atoms with Crippen molar-refractivity contribution in [3.63, 3.8) is 0 Å². The van der Waals surface area contributed by atoms with E-state index in [2.05, 4.69) is 5.32 Å². The quantitative estimate of drug-likeness (QED) is 0.722. The molecule has 1 aliphatic heterocycles. The van der Waals surface area contributed by atoms with Gasteiger partial charge in [0.1, 0.15) is 5.75 Å². The minimum Gasteiger partial charge on any atom is -0.497 e. The molecule has 2 aromatic carbocycles. The number of benzene rings is 2. The number of hydrogen-bond acceptors (Lipinski definition) is 3. The Morgan fingerprint density at radius 1 is 1.14 bits per heavy atom. The van der Waals surface area contributed by atoms with Gasteiger partial charge in [-0.25, -0.2) is 0 Å². The fourth-order valence-electron chi connectivity index (χ4n) is 3.66. The van der Waals surface area contributed by atoms with Gasteiger partial charge in [-0.3, -0.25) is 9.69 Å². The summed E-state index contributed by atoms with van der Waals surface area (Å²) in [6, 6.07) is 17.3. The van der Waals surface area contributed by atoms with Gasteiger partial charge in [0.05, 0.1) is 18.7 Å². The summed E-state index contributed by atoms with van der Waals surface area (Å²) in [4.78, 5) is 17.3. The van der Waals surface area contributed by atoms with E-state index in [9.17, 15) is 4.79 Å². The first-order valence-electron chi connectivity index (χ1n) is 9.81. The molecule has 152 valence electrons. The van der Waals surface area contributed by atoms with Crippen LogP contribution in [0.4, 0.5) is 5.69 Å². The number of anilines is 1. The Bertz CT molecular complexity index is 923. The van der Waals surface area contributed by atoms with E-state index in [0.29, 0.717) is 23.8 Å². The zero-order valence-corrected chi connectivity index (χ0v) is 18.1. The Morgan fingerprint density at radius 3 is 2.45 bits per heavy atom. The van der Waals surface area contributed by atoms with Crippen molar-refractivity contribution >= 4 is 28.9 Å². The maximum Gasteiger partial charge on any atom is 0.253 e. The topological polar surface area (TPSA) is 44.8 Å². The van der Waals surface area contributed by atoms with Crippen LogP contribution in [0.15, 0.2) is 65.9 Å². The number of nitrogens with zero attached hydrogens (tertiary/aromatic N) is 2. The number of amides is 1. The van der Waals surface area contributed by atoms with E-state index < -0.39 is 0 Å². The van der Waals surface area contributed by atoms with E-state index in [1.807, 2.05) is 85.2 Å². The smallest absolute Gasteiger partial charge is 0.253 e. The van der Waals surface area contributed by atoms with Gasteiger partial charge < -0.3 is 15.0 Å². The number of carbonyl (C=O) groups excluding carboxylic acids is 1. The predicted molar refractivity (Wildman–Crippen MR) is 121 cm³/mol. The standard InChI is InChI=1S/C23H27N3O2S/c1-5-25(6-2)22(27)20-16(3)26(18-12-8-7-9-13-18)23(29)24-21(20)17-11-10-14-19(15-17)28-4/h7-15,21H,5-6H2,1-4H3,(H,24,29)/t21-/m1/s1. The lowest BCUT2D eigenvalue weighted by Gasteiger charge is -2.39. The van der Waals surface area contributed by atoms with Crippen LogP contribution in [-0.4, -0.2) is 36.1 Å². The molecule has 0 aliphatic carbocycles. The summed E-state index contributed by atoms with van der Waals surface area (Å²) >= 11 is 5.71. The Labute approximate surface area is 178 Å². The number of hydrogen-bond donors (Lipinski definition) is 1. The number of likely N-dealkylation sites (N-methyl/N-ethyl adjacent to an activating group) is 1. The zero-order chi connectivity index (χ0) is 21.0. The first-order valence-corrected chi connectivity index (χ1v) is 10.2. The van der Waals surface area contributed by atoms with Crippen LogP contribution in [0.3, 0.4) is 0 Å².